The average Bonchev–Trinajstić information content (AvgIpc) is 3.07. The first-order valence-corrected chi connectivity index (χ1v) is 11.2. The zero-order valence-corrected chi connectivity index (χ0v) is 20.6. The van der Waals surface area contributed by atoms with Crippen LogP contribution in [0, 0.1) is 11.3 Å². The highest BCUT2D eigenvalue weighted by Crippen LogP contribution is 2.47. The molecule has 0 spiro atoms. The number of hydrogen-bond donors (Lipinski definition) is 1. The van der Waals surface area contributed by atoms with Gasteiger partial charge in [0.25, 0.3) is 0 Å². The molecule has 0 unspecified atom stereocenters. The third-order valence-corrected chi connectivity index (χ3v) is 6.38. The smallest absolute Gasteiger partial charge is 0.358 e. The number of fused-ring (bicyclic) bond motifs is 1. The van der Waals surface area contributed by atoms with Crippen LogP contribution in [0.25, 0.3) is 5.57 Å². The van der Waals surface area contributed by atoms with E-state index in [4.69, 9.17) is 21.7 Å². The van der Waals surface area contributed by atoms with Crippen molar-refractivity contribution >= 4 is 40.6 Å². The van der Waals surface area contributed by atoms with Gasteiger partial charge in [-0.1, -0.05) is 30.4 Å². The Kier molecular flexibility index (Phi) is 6.95. The zero-order valence-electron chi connectivity index (χ0n) is 19.7. The van der Waals surface area contributed by atoms with Crippen molar-refractivity contribution in [3.05, 3.63) is 41.1 Å². The van der Waals surface area contributed by atoms with Crippen molar-refractivity contribution in [3.63, 3.8) is 0 Å². The fraction of sp³-hybridized carbons (Fsp3) is 0.500. The Morgan fingerprint density at radius 3 is 2.52 bits per heavy atom. The second-order valence-electron chi connectivity index (χ2n) is 9.59. The summed E-state index contributed by atoms with van der Waals surface area (Å²) in [7, 11) is 3.70. The average molecular weight is 475 g/mol. The number of carbonyl (C=O) groups excluding carboxylic acids is 3. The molecule has 1 saturated heterocycles. The quantitative estimate of drug-likeness (QED) is 0.291. The molecule has 178 valence electrons. The molecule has 1 amide bonds. The van der Waals surface area contributed by atoms with Gasteiger partial charge in [0.1, 0.15) is 10.7 Å². The van der Waals surface area contributed by atoms with Crippen molar-refractivity contribution < 1.29 is 29.0 Å². The van der Waals surface area contributed by atoms with Gasteiger partial charge in [-0.3, -0.25) is 9.59 Å². The second kappa shape index (κ2) is 9.23. The Morgan fingerprint density at radius 2 is 1.94 bits per heavy atom. The van der Waals surface area contributed by atoms with E-state index < -0.39 is 36.2 Å². The molecule has 1 fully saturated rings. The molecule has 33 heavy (non-hydrogen) atoms. The summed E-state index contributed by atoms with van der Waals surface area (Å²) in [6.45, 7) is 6.10. The largest absolute Gasteiger partial charge is 0.427 e. The first-order valence-electron chi connectivity index (χ1n) is 10.7. The van der Waals surface area contributed by atoms with Crippen LogP contribution in [0.2, 0.25) is 0 Å². The Hall–Kier alpha value is -2.78. The molecule has 1 aromatic rings. The number of rotatable bonds is 6. The number of esters is 2. The van der Waals surface area contributed by atoms with Crippen molar-refractivity contribution in [2.45, 2.75) is 46.3 Å². The van der Waals surface area contributed by atoms with Crippen LogP contribution in [0.4, 0.5) is 0 Å². The van der Waals surface area contributed by atoms with Crippen LogP contribution in [-0.2, 0) is 23.9 Å². The van der Waals surface area contributed by atoms with Gasteiger partial charge in [-0.25, -0.2) is 4.79 Å². The van der Waals surface area contributed by atoms with Crippen LogP contribution in [0.1, 0.15) is 45.2 Å². The van der Waals surface area contributed by atoms with E-state index >= 15 is 0 Å². The maximum atomic E-state index is 13.0. The number of ether oxygens (including phenoxy) is 2. The molecular formula is C24H30N2O6S. The summed E-state index contributed by atoms with van der Waals surface area (Å²) in [5.74, 6) is -2.18. The summed E-state index contributed by atoms with van der Waals surface area (Å²) < 4.78 is 10.3. The van der Waals surface area contributed by atoms with Crippen LogP contribution >= 0.6 is 12.2 Å². The molecule has 3 rings (SSSR count). The van der Waals surface area contributed by atoms with Crippen molar-refractivity contribution in [1.29, 1.82) is 0 Å². The number of aliphatic hydroxyl groups is 1. The van der Waals surface area contributed by atoms with E-state index in [-0.39, 0.29) is 17.6 Å². The molecule has 8 nitrogen and oxygen atoms in total. The minimum absolute atomic E-state index is 0.113. The fourth-order valence-corrected chi connectivity index (χ4v) is 4.16. The summed E-state index contributed by atoms with van der Waals surface area (Å²) >= 11 is 5.47. The van der Waals surface area contributed by atoms with Crippen molar-refractivity contribution in [2.24, 2.45) is 11.3 Å². The minimum atomic E-state index is -0.837. The Morgan fingerprint density at radius 1 is 1.27 bits per heavy atom. The lowest BCUT2D eigenvalue weighted by atomic mass is 9.82. The van der Waals surface area contributed by atoms with Gasteiger partial charge in [0.15, 0.2) is 0 Å². The summed E-state index contributed by atoms with van der Waals surface area (Å²) in [6, 6.07) is 7.10. The lowest BCUT2D eigenvalue weighted by Gasteiger charge is -2.44. The lowest BCUT2D eigenvalue weighted by molar-refractivity contribution is -0.175. The van der Waals surface area contributed by atoms with Gasteiger partial charge in [-0.15, -0.1) is 0 Å². The van der Waals surface area contributed by atoms with Gasteiger partial charge in [-0.05, 0) is 51.3 Å². The van der Waals surface area contributed by atoms with Gasteiger partial charge in [0.2, 0.25) is 12.7 Å². The van der Waals surface area contributed by atoms with E-state index in [1.54, 1.807) is 27.7 Å². The molecule has 9 heteroatoms. The van der Waals surface area contributed by atoms with Crippen molar-refractivity contribution in [3.8, 4) is 0 Å². The number of hydrogen-bond acceptors (Lipinski definition) is 7. The first-order chi connectivity index (χ1) is 15.3. The molecule has 1 aromatic carbocycles. The molecule has 1 N–H and O–H groups in total. The summed E-state index contributed by atoms with van der Waals surface area (Å²) in [5, 5.41) is 10.1. The number of amides is 1. The standard InChI is InChI=1S/C24H30N2O6S/c1-13(27)18-17-11-16(14-8-7-9-15(10-14)21(33)25(5)6)19(26(17)20(18)28)22(29)31-12-32-23(30)24(2,3)4/h7-10,13,17-18,27H,11-12H2,1-6H3/t13-,17-,18-/m1/s1. The summed E-state index contributed by atoms with van der Waals surface area (Å²) in [5.41, 5.74) is 1.55. The van der Waals surface area contributed by atoms with Crippen molar-refractivity contribution in [1.82, 2.24) is 9.80 Å². The molecule has 0 radical (unpaired) electrons. The predicted molar refractivity (Wildman–Crippen MR) is 126 cm³/mol. The van der Waals surface area contributed by atoms with Crippen molar-refractivity contribution in [2.75, 3.05) is 20.9 Å². The van der Waals surface area contributed by atoms with Crippen LogP contribution < -0.4 is 0 Å². The SMILES string of the molecule is C[C@@H](O)[C@H]1C(=O)N2C(C(=O)OCOC(=O)C(C)(C)C)=C(c3cccc(C(=S)N(C)C)c3)C[C@H]12. The third kappa shape index (κ3) is 4.79. The third-order valence-electron chi connectivity index (χ3n) is 5.78. The number of aliphatic hydroxyl groups excluding tert-OH is 1. The topological polar surface area (TPSA) is 96.4 Å². The molecular weight excluding hydrogens is 444 g/mol. The van der Waals surface area contributed by atoms with Crippen LogP contribution in [0.3, 0.4) is 0 Å². The summed E-state index contributed by atoms with van der Waals surface area (Å²) in [4.78, 5) is 41.6. The van der Waals surface area contributed by atoms with Crippen LogP contribution in [-0.4, -0.2) is 70.8 Å². The highest BCUT2D eigenvalue weighted by Gasteiger charge is 2.57. The van der Waals surface area contributed by atoms with Gasteiger partial charge in [0.05, 0.1) is 23.5 Å². The number of thiocarbonyl (C=S) groups is 1. The Balaban J connectivity index is 1.92. The van der Waals surface area contributed by atoms with E-state index in [1.807, 2.05) is 43.3 Å². The van der Waals surface area contributed by atoms with E-state index in [0.29, 0.717) is 17.0 Å². The van der Waals surface area contributed by atoms with Gasteiger partial charge >= 0.3 is 11.9 Å². The van der Waals surface area contributed by atoms with Gasteiger partial charge in [0, 0.05) is 19.7 Å². The number of β-lactam (4-membered cyclic amide) rings is 1. The van der Waals surface area contributed by atoms with Crippen LogP contribution in [0.15, 0.2) is 30.0 Å². The predicted octanol–water partition coefficient (Wildman–Crippen LogP) is 2.34. The maximum Gasteiger partial charge on any atom is 0.358 e. The van der Waals surface area contributed by atoms with E-state index in [0.717, 1.165) is 11.1 Å². The molecule has 0 aliphatic carbocycles. The maximum absolute atomic E-state index is 13.0. The molecule has 0 bridgehead atoms. The lowest BCUT2D eigenvalue weighted by Crippen LogP contribution is -2.61. The molecule has 2 heterocycles. The fourth-order valence-electron chi connectivity index (χ4n) is 4.04. The van der Waals surface area contributed by atoms with Crippen LogP contribution in [0.5, 0.6) is 0 Å². The molecule has 2 aliphatic rings. The Bertz CT molecular complexity index is 1020. The normalized spacial score (nSPS) is 20.7. The van der Waals surface area contributed by atoms with Gasteiger partial charge < -0.3 is 24.4 Å². The van der Waals surface area contributed by atoms with E-state index in [9.17, 15) is 19.5 Å². The monoisotopic (exact) mass is 474 g/mol. The number of nitrogens with zero attached hydrogens (tertiary/aromatic N) is 2. The highest BCUT2D eigenvalue weighted by molar-refractivity contribution is 7.80. The molecule has 0 saturated carbocycles. The molecule has 3 atom stereocenters. The van der Waals surface area contributed by atoms with Gasteiger partial charge in [-0.2, -0.15) is 0 Å². The number of carbonyl (C=O) groups is 3. The Labute approximate surface area is 199 Å². The molecule has 0 aromatic heterocycles. The highest BCUT2D eigenvalue weighted by atomic mass is 32.1. The van der Waals surface area contributed by atoms with E-state index in [1.165, 1.54) is 4.90 Å². The van der Waals surface area contributed by atoms with E-state index in [2.05, 4.69) is 0 Å². The first kappa shape index (κ1) is 24.9. The number of benzene rings is 1. The zero-order chi connectivity index (χ0) is 24.7. The molecule has 2 aliphatic heterocycles. The second-order valence-corrected chi connectivity index (χ2v) is 9.97. The summed E-state index contributed by atoms with van der Waals surface area (Å²) in [6.07, 6.45) is -0.443. The minimum Gasteiger partial charge on any atom is -0.427 e.